The molecular formula is C17H18N2O3. The predicted octanol–water partition coefficient (Wildman–Crippen LogP) is 1.61. The van der Waals surface area contributed by atoms with E-state index in [4.69, 9.17) is 4.74 Å². The number of ether oxygens (including phenoxy) is 1. The van der Waals surface area contributed by atoms with Crippen LogP contribution >= 0.6 is 0 Å². The van der Waals surface area contributed by atoms with Crippen LogP contribution in [-0.4, -0.2) is 46.3 Å². The minimum Gasteiger partial charge on any atom is -0.486 e. The fourth-order valence-electron chi connectivity index (χ4n) is 3.62. The Hall–Kier alpha value is -2.30. The summed E-state index contributed by atoms with van der Waals surface area (Å²) in [6.45, 7) is 2.54. The number of nitrogens with zero attached hydrogens (tertiary/aromatic N) is 2. The van der Waals surface area contributed by atoms with Crippen LogP contribution in [-0.2, 0) is 14.3 Å². The van der Waals surface area contributed by atoms with Gasteiger partial charge in [0.15, 0.2) is 6.04 Å². The second kappa shape index (κ2) is 4.87. The van der Waals surface area contributed by atoms with Crippen LogP contribution in [0.3, 0.4) is 0 Å². The van der Waals surface area contributed by atoms with Crippen LogP contribution in [0.25, 0.3) is 5.76 Å². The first-order valence-corrected chi connectivity index (χ1v) is 7.73. The van der Waals surface area contributed by atoms with Crippen molar-refractivity contribution in [3.63, 3.8) is 0 Å². The van der Waals surface area contributed by atoms with E-state index in [1.54, 1.807) is 16.0 Å². The van der Waals surface area contributed by atoms with Gasteiger partial charge in [0.05, 0.1) is 6.20 Å². The van der Waals surface area contributed by atoms with Crippen LogP contribution in [0.1, 0.15) is 25.3 Å². The van der Waals surface area contributed by atoms with Gasteiger partial charge in [-0.2, -0.15) is 0 Å². The molecule has 0 radical (unpaired) electrons. The van der Waals surface area contributed by atoms with E-state index in [-0.39, 0.29) is 24.0 Å². The molecule has 5 nitrogen and oxygen atoms in total. The highest BCUT2D eigenvalue weighted by Crippen LogP contribution is 2.34. The molecular weight excluding hydrogens is 280 g/mol. The molecule has 0 aromatic heterocycles. The third kappa shape index (κ3) is 1.85. The van der Waals surface area contributed by atoms with Crippen molar-refractivity contribution in [2.75, 3.05) is 6.54 Å². The maximum Gasteiger partial charge on any atom is 0.250 e. The Morgan fingerprint density at radius 3 is 2.68 bits per heavy atom. The fourth-order valence-corrected chi connectivity index (χ4v) is 3.62. The van der Waals surface area contributed by atoms with E-state index in [0.717, 1.165) is 18.4 Å². The molecule has 2 amide bonds. The molecule has 2 saturated heterocycles. The molecule has 1 aromatic rings. The number of carbonyl (C=O) groups excluding carboxylic acids is 2. The Bertz CT molecular complexity index is 655. The lowest BCUT2D eigenvalue weighted by atomic mass is 10.00. The van der Waals surface area contributed by atoms with Gasteiger partial charge in [-0.25, -0.2) is 0 Å². The van der Waals surface area contributed by atoms with Gasteiger partial charge < -0.3 is 9.64 Å². The monoisotopic (exact) mass is 298 g/mol. The largest absolute Gasteiger partial charge is 0.486 e. The molecule has 2 fully saturated rings. The topological polar surface area (TPSA) is 49.9 Å². The molecule has 0 bridgehead atoms. The van der Waals surface area contributed by atoms with Gasteiger partial charge in [-0.3, -0.25) is 14.5 Å². The summed E-state index contributed by atoms with van der Waals surface area (Å²) in [5.74, 6) is 0.681. The number of piperazine rings is 1. The molecule has 1 aromatic carbocycles. The van der Waals surface area contributed by atoms with Crippen molar-refractivity contribution in [3.8, 4) is 0 Å². The molecule has 0 unspecified atom stereocenters. The highest BCUT2D eigenvalue weighted by Gasteiger charge is 2.51. The van der Waals surface area contributed by atoms with Crippen molar-refractivity contribution in [1.29, 1.82) is 0 Å². The zero-order chi connectivity index (χ0) is 15.3. The Morgan fingerprint density at radius 2 is 1.91 bits per heavy atom. The molecule has 22 heavy (non-hydrogen) atoms. The summed E-state index contributed by atoms with van der Waals surface area (Å²) in [5.41, 5.74) is 0.918. The van der Waals surface area contributed by atoms with Gasteiger partial charge >= 0.3 is 0 Å². The number of fused-ring (bicyclic) bond motifs is 2. The van der Waals surface area contributed by atoms with E-state index in [2.05, 4.69) is 0 Å². The minimum absolute atomic E-state index is 0.0120. The van der Waals surface area contributed by atoms with Gasteiger partial charge in [0.2, 0.25) is 11.8 Å². The minimum atomic E-state index is -0.533. The van der Waals surface area contributed by atoms with Crippen LogP contribution in [0.4, 0.5) is 0 Å². The smallest absolute Gasteiger partial charge is 0.250 e. The van der Waals surface area contributed by atoms with Gasteiger partial charge in [-0.15, -0.1) is 0 Å². The zero-order valence-corrected chi connectivity index (χ0v) is 12.4. The van der Waals surface area contributed by atoms with Crippen molar-refractivity contribution in [2.24, 2.45) is 0 Å². The number of amides is 2. The lowest BCUT2D eigenvalue weighted by Gasteiger charge is -2.45. The van der Waals surface area contributed by atoms with Crippen LogP contribution in [0, 0.1) is 0 Å². The van der Waals surface area contributed by atoms with E-state index >= 15 is 0 Å². The Kier molecular flexibility index (Phi) is 2.96. The van der Waals surface area contributed by atoms with Gasteiger partial charge in [-0.1, -0.05) is 30.3 Å². The normalized spacial score (nSPS) is 30.6. The predicted molar refractivity (Wildman–Crippen MR) is 80.3 cm³/mol. The van der Waals surface area contributed by atoms with Crippen LogP contribution < -0.4 is 0 Å². The Morgan fingerprint density at radius 1 is 1.14 bits per heavy atom. The molecule has 3 aliphatic rings. The van der Waals surface area contributed by atoms with Crippen molar-refractivity contribution in [3.05, 3.63) is 42.1 Å². The molecule has 3 atom stereocenters. The molecule has 4 rings (SSSR count). The van der Waals surface area contributed by atoms with E-state index in [1.807, 2.05) is 37.3 Å². The fraction of sp³-hybridized carbons (Fsp3) is 0.412. The van der Waals surface area contributed by atoms with E-state index < -0.39 is 6.04 Å². The summed E-state index contributed by atoms with van der Waals surface area (Å²) in [6.07, 6.45) is 3.01. The highest BCUT2D eigenvalue weighted by atomic mass is 16.5. The van der Waals surface area contributed by atoms with E-state index in [1.165, 1.54) is 0 Å². The first kappa shape index (κ1) is 13.4. The first-order valence-electron chi connectivity index (χ1n) is 7.73. The Balaban J connectivity index is 1.74. The standard InChI is InChI=1S/C17H18N2O3/c1-11-15-17(21)18-9-5-8-13(18)16(20)19(15)10-14(22-11)12-6-3-2-4-7-12/h2-4,6-7,10-11,13,15H,5,8-9H2,1H3/t11-,13+,15+/m1/s1. The molecule has 0 N–H and O–H groups in total. The van der Waals surface area contributed by atoms with Crippen LogP contribution in [0.5, 0.6) is 0 Å². The van der Waals surface area contributed by atoms with Gasteiger partial charge in [-0.05, 0) is 19.8 Å². The molecule has 114 valence electrons. The first-order chi connectivity index (χ1) is 10.7. The maximum atomic E-state index is 12.7. The van der Waals surface area contributed by atoms with Crippen LogP contribution in [0.2, 0.25) is 0 Å². The lowest BCUT2D eigenvalue weighted by Crippen LogP contribution is -2.65. The highest BCUT2D eigenvalue weighted by molar-refractivity contribution is 5.99. The van der Waals surface area contributed by atoms with Gasteiger partial charge in [0.1, 0.15) is 17.9 Å². The zero-order valence-electron chi connectivity index (χ0n) is 12.4. The van der Waals surface area contributed by atoms with E-state index in [0.29, 0.717) is 12.3 Å². The summed E-state index contributed by atoms with van der Waals surface area (Å²) in [6, 6.07) is 8.85. The molecule has 0 aliphatic carbocycles. The molecule has 0 saturated carbocycles. The molecule has 3 aliphatic heterocycles. The third-order valence-electron chi connectivity index (χ3n) is 4.70. The summed E-state index contributed by atoms with van der Waals surface area (Å²) >= 11 is 0. The molecule has 5 heteroatoms. The molecule has 0 spiro atoms. The number of carbonyl (C=O) groups is 2. The van der Waals surface area contributed by atoms with E-state index in [9.17, 15) is 9.59 Å². The third-order valence-corrected chi connectivity index (χ3v) is 4.70. The maximum absolute atomic E-state index is 12.7. The SMILES string of the molecule is C[C@H]1OC(c2ccccc2)=CN2C(=O)[C@@H]3CCCN3C(=O)[C@H]12. The van der Waals surface area contributed by atoms with Crippen molar-refractivity contribution in [1.82, 2.24) is 9.80 Å². The van der Waals surface area contributed by atoms with Crippen molar-refractivity contribution < 1.29 is 14.3 Å². The van der Waals surface area contributed by atoms with Gasteiger partial charge in [0, 0.05) is 12.1 Å². The second-order valence-corrected chi connectivity index (χ2v) is 6.06. The number of hydrogen-bond acceptors (Lipinski definition) is 3. The summed E-state index contributed by atoms with van der Waals surface area (Å²) < 4.78 is 5.93. The van der Waals surface area contributed by atoms with Gasteiger partial charge in [0.25, 0.3) is 0 Å². The molecule has 3 heterocycles. The van der Waals surface area contributed by atoms with Crippen LogP contribution in [0.15, 0.2) is 36.5 Å². The Labute approximate surface area is 129 Å². The van der Waals surface area contributed by atoms with Crippen molar-refractivity contribution in [2.45, 2.75) is 38.0 Å². The number of benzene rings is 1. The second-order valence-electron chi connectivity index (χ2n) is 6.06. The lowest BCUT2D eigenvalue weighted by molar-refractivity contribution is -0.161. The quantitative estimate of drug-likeness (QED) is 0.791. The summed E-state index contributed by atoms with van der Waals surface area (Å²) in [5, 5.41) is 0. The average Bonchev–Trinajstić information content (AvgIpc) is 3.03. The summed E-state index contributed by atoms with van der Waals surface area (Å²) in [4.78, 5) is 28.7. The average molecular weight is 298 g/mol. The number of rotatable bonds is 1. The summed E-state index contributed by atoms with van der Waals surface area (Å²) in [7, 11) is 0. The number of hydrogen-bond donors (Lipinski definition) is 0. The van der Waals surface area contributed by atoms with Crippen molar-refractivity contribution >= 4 is 17.6 Å².